The Labute approximate surface area is 130 Å². The lowest BCUT2D eigenvalue weighted by atomic mass is 10.3. The van der Waals surface area contributed by atoms with Gasteiger partial charge in [-0.1, -0.05) is 0 Å². The van der Waals surface area contributed by atoms with E-state index in [1.807, 2.05) is 0 Å². The van der Waals surface area contributed by atoms with Crippen molar-refractivity contribution >= 4 is 34.5 Å². The second kappa shape index (κ2) is 6.19. The molecule has 0 aliphatic heterocycles. The number of rotatable bonds is 4. The normalized spacial score (nSPS) is 10.8. The number of hydrogen-bond donors (Lipinski definition) is 1. The summed E-state index contributed by atoms with van der Waals surface area (Å²) in [6.07, 6.45) is 0. The Balaban J connectivity index is 1.61. The van der Waals surface area contributed by atoms with E-state index in [0.29, 0.717) is 17.2 Å². The number of hydrogen-bond acceptors (Lipinski definition) is 4. The maximum absolute atomic E-state index is 12.8. The molecule has 0 bridgehead atoms. The van der Waals surface area contributed by atoms with Crippen molar-refractivity contribution in [3.8, 4) is 0 Å². The van der Waals surface area contributed by atoms with Gasteiger partial charge in [-0.15, -0.1) is 11.8 Å². The average Bonchev–Trinajstić information content (AvgIpc) is 2.86. The van der Waals surface area contributed by atoms with E-state index in [9.17, 15) is 9.18 Å². The van der Waals surface area contributed by atoms with E-state index in [1.54, 1.807) is 37.3 Å². The van der Waals surface area contributed by atoms with E-state index >= 15 is 0 Å². The van der Waals surface area contributed by atoms with Crippen molar-refractivity contribution in [2.45, 2.75) is 11.8 Å². The van der Waals surface area contributed by atoms with Crippen LogP contribution in [0.4, 0.5) is 10.1 Å². The Morgan fingerprint density at radius 3 is 2.82 bits per heavy atom. The summed E-state index contributed by atoms with van der Waals surface area (Å²) in [4.78, 5) is 17.0. The third kappa shape index (κ3) is 3.46. The molecule has 0 saturated carbocycles. The average molecular weight is 316 g/mol. The van der Waals surface area contributed by atoms with Gasteiger partial charge in [0.2, 0.25) is 5.91 Å². The molecule has 3 rings (SSSR count). The molecule has 112 valence electrons. The molecule has 0 saturated heterocycles. The summed E-state index contributed by atoms with van der Waals surface area (Å²) in [5.74, 6) is 0.416. The number of thioether (sulfide) groups is 1. The Bertz CT molecular complexity index is 815. The monoisotopic (exact) mass is 316 g/mol. The lowest BCUT2D eigenvalue weighted by Gasteiger charge is -2.05. The third-order valence-electron chi connectivity index (χ3n) is 2.96. The first-order valence-electron chi connectivity index (χ1n) is 6.65. The summed E-state index contributed by atoms with van der Waals surface area (Å²) in [5.41, 5.74) is 2.06. The number of oxazole rings is 1. The predicted molar refractivity (Wildman–Crippen MR) is 84.5 cm³/mol. The fourth-order valence-corrected chi connectivity index (χ4v) is 2.69. The number of halogens is 1. The largest absolute Gasteiger partial charge is 0.441 e. The van der Waals surface area contributed by atoms with Gasteiger partial charge in [0.25, 0.3) is 0 Å². The van der Waals surface area contributed by atoms with E-state index in [0.717, 1.165) is 10.4 Å². The Morgan fingerprint density at radius 1 is 1.27 bits per heavy atom. The molecule has 0 aliphatic rings. The standard InChI is InChI=1S/C16H13FN2O2S/c1-10-18-14-7-4-12(8-15(14)21-10)19-16(20)9-22-13-5-2-11(17)3-6-13/h2-8H,9H2,1H3,(H,19,20). The number of aryl methyl sites for hydroxylation is 1. The molecule has 3 aromatic rings. The van der Waals surface area contributed by atoms with Crippen LogP contribution >= 0.6 is 11.8 Å². The zero-order valence-electron chi connectivity index (χ0n) is 11.8. The zero-order valence-corrected chi connectivity index (χ0v) is 12.6. The highest BCUT2D eigenvalue weighted by Crippen LogP contribution is 2.21. The van der Waals surface area contributed by atoms with Crippen LogP contribution in [0, 0.1) is 12.7 Å². The van der Waals surface area contributed by atoms with Crippen LogP contribution in [-0.2, 0) is 4.79 Å². The highest BCUT2D eigenvalue weighted by Gasteiger charge is 2.07. The van der Waals surface area contributed by atoms with Crippen LogP contribution in [0.3, 0.4) is 0 Å². The molecule has 0 radical (unpaired) electrons. The van der Waals surface area contributed by atoms with Crippen molar-refractivity contribution in [1.29, 1.82) is 0 Å². The zero-order chi connectivity index (χ0) is 15.5. The number of anilines is 1. The van der Waals surface area contributed by atoms with Gasteiger partial charge in [-0.3, -0.25) is 4.79 Å². The SMILES string of the molecule is Cc1nc2ccc(NC(=O)CSc3ccc(F)cc3)cc2o1. The van der Waals surface area contributed by atoms with Crippen LogP contribution < -0.4 is 5.32 Å². The summed E-state index contributed by atoms with van der Waals surface area (Å²) in [6.45, 7) is 1.78. The van der Waals surface area contributed by atoms with E-state index in [4.69, 9.17) is 4.42 Å². The van der Waals surface area contributed by atoms with Crippen molar-refractivity contribution in [3.63, 3.8) is 0 Å². The van der Waals surface area contributed by atoms with E-state index in [-0.39, 0.29) is 17.5 Å². The Morgan fingerprint density at radius 2 is 2.05 bits per heavy atom. The fraction of sp³-hybridized carbons (Fsp3) is 0.125. The van der Waals surface area contributed by atoms with Gasteiger partial charge in [-0.05, 0) is 36.4 Å². The maximum Gasteiger partial charge on any atom is 0.234 e. The van der Waals surface area contributed by atoms with Gasteiger partial charge in [0, 0.05) is 23.6 Å². The molecule has 1 aromatic heterocycles. The lowest BCUT2D eigenvalue weighted by Crippen LogP contribution is -2.13. The second-order valence-electron chi connectivity index (χ2n) is 4.71. The molecular formula is C16H13FN2O2S. The molecule has 0 atom stereocenters. The quantitative estimate of drug-likeness (QED) is 0.739. The van der Waals surface area contributed by atoms with E-state index < -0.39 is 0 Å². The molecule has 2 aromatic carbocycles. The molecule has 1 amide bonds. The molecule has 6 heteroatoms. The number of nitrogens with zero attached hydrogens (tertiary/aromatic N) is 1. The van der Waals surface area contributed by atoms with E-state index in [1.165, 1.54) is 23.9 Å². The Kier molecular flexibility index (Phi) is 4.11. The first-order valence-corrected chi connectivity index (χ1v) is 7.64. The number of amides is 1. The minimum absolute atomic E-state index is 0.134. The second-order valence-corrected chi connectivity index (χ2v) is 5.75. The fourth-order valence-electron chi connectivity index (χ4n) is 1.99. The summed E-state index contributed by atoms with van der Waals surface area (Å²) in [7, 11) is 0. The molecule has 0 aliphatic carbocycles. The molecule has 1 N–H and O–H groups in total. The number of nitrogens with one attached hydrogen (secondary N) is 1. The van der Waals surface area contributed by atoms with Crippen LogP contribution in [-0.4, -0.2) is 16.6 Å². The molecule has 4 nitrogen and oxygen atoms in total. The van der Waals surface area contributed by atoms with Gasteiger partial charge in [-0.25, -0.2) is 9.37 Å². The maximum atomic E-state index is 12.8. The number of benzene rings is 2. The number of fused-ring (bicyclic) bond motifs is 1. The van der Waals surface area contributed by atoms with Crippen LogP contribution in [0.25, 0.3) is 11.1 Å². The van der Waals surface area contributed by atoms with Gasteiger partial charge >= 0.3 is 0 Å². The van der Waals surface area contributed by atoms with Gasteiger partial charge in [0.05, 0.1) is 5.75 Å². The minimum Gasteiger partial charge on any atom is -0.441 e. The van der Waals surface area contributed by atoms with Crippen molar-refractivity contribution in [2.24, 2.45) is 0 Å². The minimum atomic E-state index is -0.288. The third-order valence-corrected chi connectivity index (χ3v) is 3.97. The van der Waals surface area contributed by atoms with Crippen molar-refractivity contribution in [3.05, 3.63) is 54.2 Å². The summed E-state index contributed by atoms with van der Waals surface area (Å²) >= 11 is 1.35. The molecule has 22 heavy (non-hydrogen) atoms. The highest BCUT2D eigenvalue weighted by atomic mass is 32.2. The molecule has 1 heterocycles. The van der Waals surface area contributed by atoms with Gasteiger partial charge in [0.15, 0.2) is 11.5 Å². The van der Waals surface area contributed by atoms with Crippen LogP contribution in [0.2, 0.25) is 0 Å². The number of carbonyl (C=O) groups is 1. The van der Waals surface area contributed by atoms with Crippen molar-refractivity contribution in [1.82, 2.24) is 4.98 Å². The van der Waals surface area contributed by atoms with Crippen LogP contribution in [0.1, 0.15) is 5.89 Å². The van der Waals surface area contributed by atoms with Crippen molar-refractivity contribution < 1.29 is 13.6 Å². The molecular weight excluding hydrogens is 303 g/mol. The van der Waals surface area contributed by atoms with Crippen molar-refractivity contribution in [2.75, 3.05) is 11.1 Å². The summed E-state index contributed by atoms with van der Waals surface area (Å²) in [5, 5.41) is 2.80. The first-order chi connectivity index (χ1) is 10.6. The summed E-state index contributed by atoms with van der Waals surface area (Å²) < 4.78 is 18.2. The first kappa shape index (κ1) is 14.6. The smallest absolute Gasteiger partial charge is 0.234 e. The van der Waals surface area contributed by atoms with Gasteiger partial charge in [0.1, 0.15) is 11.3 Å². The van der Waals surface area contributed by atoms with E-state index in [2.05, 4.69) is 10.3 Å². The molecule has 0 fully saturated rings. The number of carbonyl (C=O) groups excluding carboxylic acids is 1. The highest BCUT2D eigenvalue weighted by molar-refractivity contribution is 8.00. The van der Waals surface area contributed by atoms with Gasteiger partial charge in [-0.2, -0.15) is 0 Å². The number of aromatic nitrogens is 1. The molecule has 0 unspecified atom stereocenters. The summed E-state index contributed by atoms with van der Waals surface area (Å²) in [6, 6.07) is 11.4. The predicted octanol–water partition coefficient (Wildman–Crippen LogP) is 4.01. The van der Waals surface area contributed by atoms with Crippen LogP contribution in [0.15, 0.2) is 51.8 Å². The topological polar surface area (TPSA) is 55.1 Å². The molecule has 0 spiro atoms. The Hall–Kier alpha value is -2.34. The van der Waals surface area contributed by atoms with Crippen LogP contribution in [0.5, 0.6) is 0 Å². The lowest BCUT2D eigenvalue weighted by molar-refractivity contribution is -0.113. The van der Waals surface area contributed by atoms with Gasteiger partial charge < -0.3 is 9.73 Å².